The molecule has 2 unspecified atom stereocenters. The fraction of sp³-hybridized carbons (Fsp3) is 0.391. The number of rotatable bonds is 9. The molecule has 0 N–H and O–H groups in total. The second-order valence-electron chi connectivity index (χ2n) is 16.5. The van der Waals surface area contributed by atoms with E-state index < -0.39 is 21.5 Å². The summed E-state index contributed by atoms with van der Waals surface area (Å²) in [5, 5.41) is 0. The molecule has 0 amide bonds. The van der Waals surface area contributed by atoms with E-state index >= 15 is 0 Å². The molecule has 2 atom stereocenters. The van der Waals surface area contributed by atoms with Crippen LogP contribution in [0.25, 0.3) is 34.4 Å². The molecule has 4 aromatic carbocycles. The van der Waals surface area contributed by atoms with Gasteiger partial charge in [-0.15, -0.1) is 0 Å². The predicted octanol–water partition coefficient (Wildman–Crippen LogP) is 14.8. The number of halogens is 2. The first-order valence-electron chi connectivity index (χ1n) is 19.4. The Kier molecular flexibility index (Phi) is 10.3. The van der Waals surface area contributed by atoms with Crippen molar-refractivity contribution < 1.29 is 15.6 Å². The monoisotopic (exact) mass is 795 g/mol. The summed E-state index contributed by atoms with van der Waals surface area (Å²) < 4.78 is 0.209. The molecular weight excluding hydrogens is 743 g/mol. The van der Waals surface area contributed by atoms with Crippen LogP contribution in [0.15, 0.2) is 96.1 Å². The molecule has 50 heavy (non-hydrogen) atoms. The average Bonchev–Trinajstić information content (AvgIpc) is 3.73. The molecular formula is C46H55Cl2SiZr. The Hall–Kier alpha value is -1.96. The van der Waals surface area contributed by atoms with Gasteiger partial charge in [-0.2, -0.15) is 0 Å². The number of allylic oxidation sites excluding steroid dienone is 2. The minimum atomic E-state index is -4.84. The molecule has 0 aliphatic heterocycles. The summed E-state index contributed by atoms with van der Waals surface area (Å²) in [7, 11) is 17.4. The van der Waals surface area contributed by atoms with Crippen molar-refractivity contribution in [2.24, 2.45) is 5.92 Å². The normalized spacial score (nSPS) is 20.1. The number of benzene rings is 4. The molecule has 0 spiro atoms. The van der Waals surface area contributed by atoms with Gasteiger partial charge in [0.25, 0.3) is 0 Å². The molecule has 0 nitrogen and oxygen atoms in total. The van der Waals surface area contributed by atoms with E-state index in [2.05, 4.69) is 145 Å². The standard InChI is InChI=1S/C23H25.C21H23.C2H7Si.2ClH.Zr/c1-2-17-15-21-9-6-10-22(23(21)16-17)20-13-11-19(12-14-20)18-7-4-3-5-8-18;1-14(2)16-8-10-17(11-9-16)20-7-5-6-18-12-19(15(3)4)13-21(18)20;1-3-2;;;/h6,9-16,18H,2-5,7-8H2,1H3;5-15H,1-4H3;3H,1-2H3;2*1H;/q;;;;;+2/p-2. The van der Waals surface area contributed by atoms with Crippen LogP contribution in [0.5, 0.6) is 0 Å². The van der Waals surface area contributed by atoms with E-state index in [4.69, 9.17) is 17.0 Å². The van der Waals surface area contributed by atoms with Gasteiger partial charge in [-0.3, -0.25) is 0 Å². The van der Waals surface area contributed by atoms with Crippen molar-refractivity contribution in [1.29, 1.82) is 0 Å². The van der Waals surface area contributed by atoms with Crippen molar-refractivity contribution in [3.8, 4) is 22.3 Å². The van der Waals surface area contributed by atoms with Crippen molar-refractivity contribution in [1.82, 2.24) is 0 Å². The summed E-state index contributed by atoms with van der Waals surface area (Å²) in [6.07, 6.45) is 12.7. The zero-order valence-corrected chi connectivity index (χ0v) is 36.3. The molecule has 0 radical (unpaired) electrons. The molecule has 1 fully saturated rings. The number of fused-ring (bicyclic) bond motifs is 2. The van der Waals surface area contributed by atoms with Gasteiger partial charge in [-0.05, 0) is 0 Å². The van der Waals surface area contributed by atoms with Crippen LogP contribution in [0.1, 0.15) is 126 Å². The van der Waals surface area contributed by atoms with Crippen LogP contribution in [0.3, 0.4) is 0 Å². The van der Waals surface area contributed by atoms with E-state index in [9.17, 15) is 0 Å². The minimum absolute atomic E-state index is 0.0978. The van der Waals surface area contributed by atoms with E-state index in [0.29, 0.717) is 17.8 Å². The van der Waals surface area contributed by atoms with Crippen LogP contribution in [0.2, 0.25) is 13.1 Å². The van der Waals surface area contributed by atoms with Gasteiger partial charge >= 0.3 is 314 Å². The second kappa shape index (κ2) is 14.1. The summed E-state index contributed by atoms with van der Waals surface area (Å²) in [5.41, 5.74) is 16.4. The second-order valence-corrected chi connectivity index (χ2v) is 59.0. The van der Waals surface area contributed by atoms with Gasteiger partial charge in [0.05, 0.1) is 0 Å². The van der Waals surface area contributed by atoms with Gasteiger partial charge in [-0.1, -0.05) is 0 Å². The third-order valence-corrected chi connectivity index (χ3v) is 64.5. The molecule has 0 saturated heterocycles. The van der Waals surface area contributed by atoms with Crippen molar-refractivity contribution in [3.05, 3.63) is 129 Å². The van der Waals surface area contributed by atoms with Gasteiger partial charge in [0.1, 0.15) is 0 Å². The first kappa shape index (κ1) is 36.4. The van der Waals surface area contributed by atoms with E-state index in [-0.39, 0.29) is 7.25 Å². The maximum absolute atomic E-state index is 8.72. The predicted molar refractivity (Wildman–Crippen MR) is 221 cm³/mol. The SMILES string of the molecule is CCC1=Cc2c(-c3ccc(C4CCCCC4)cc3)cccc2[CH]1[Zr]([Cl])([Cl])([CH]1C(C(C)C)=Cc2c(-c3ccc(C(C)C)cc3)cccc21)[SiH](C)C. The van der Waals surface area contributed by atoms with Crippen LogP contribution in [0, 0.1) is 5.92 Å². The summed E-state index contributed by atoms with van der Waals surface area (Å²) in [5.74, 6) is -0.0563. The summed E-state index contributed by atoms with van der Waals surface area (Å²) in [6, 6.07) is 32.6. The van der Waals surface area contributed by atoms with E-state index in [1.807, 2.05) is 0 Å². The van der Waals surface area contributed by atoms with Crippen LogP contribution in [0.4, 0.5) is 0 Å². The Bertz CT molecular complexity index is 1940. The third kappa shape index (κ3) is 6.07. The molecule has 261 valence electrons. The van der Waals surface area contributed by atoms with Gasteiger partial charge in [0.15, 0.2) is 0 Å². The van der Waals surface area contributed by atoms with E-state index in [1.165, 1.54) is 98.9 Å². The first-order chi connectivity index (χ1) is 23.9. The molecule has 7 rings (SSSR count). The Morgan fingerprint density at radius 1 is 0.660 bits per heavy atom. The molecule has 0 bridgehead atoms. The Labute approximate surface area is 311 Å². The Morgan fingerprint density at radius 2 is 1.20 bits per heavy atom. The Balaban J connectivity index is 1.36. The number of hydrogen-bond acceptors (Lipinski definition) is 0. The summed E-state index contributed by atoms with van der Waals surface area (Å²) in [4.78, 5) is 0. The molecule has 3 aliphatic rings. The Morgan fingerprint density at radius 3 is 1.72 bits per heavy atom. The van der Waals surface area contributed by atoms with Crippen molar-refractivity contribution in [3.63, 3.8) is 0 Å². The maximum atomic E-state index is 8.72. The first-order valence-corrected chi connectivity index (χ1v) is 35.7. The quantitative estimate of drug-likeness (QED) is 0.148. The third-order valence-electron chi connectivity index (χ3n) is 12.7. The van der Waals surface area contributed by atoms with E-state index in [0.717, 1.165) is 6.42 Å². The molecule has 0 heterocycles. The zero-order chi connectivity index (χ0) is 35.4. The zero-order valence-electron chi connectivity index (χ0n) is 31.2. The van der Waals surface area contributed by atoms with Gasteiger partial charge in [-0.25, -0.2) is 0 Å². The molecule has 3 aliphatic carbocycles. The topological polar surface area (TPSA) is 0 Å². The van der Waals surface area contributed by atoms with Gasteiger partial charge in [0, 0.05) is 0 Å². The summed E-state index contributed by atoms with van der Waals surface area (Å²) in [6.45, 7) is 16.5. The fourth-order valence-corrected chi connectivity index (χ4v) is 41.4. The van der Waals surface area contributed by atoms with Crippen LogP contribution in [-0.4, -0.2) is 5.92 Å². The van der Waals surface area contributed by atoms with Crippen LogP contribution < -0.4 is 0 Å². The van der Waals surface area contributed by atoms with E-state index in [1.54, 1.807) is 0 Å². The molecule has 0 aromatic heterocycles. The van der Waals surface area contributed by atoms with Gasteiger partial charge < -0.3 is 0 Å². The average molecular weight is 798 g/mol. The van der Waals surface area contributed by atoms with Crippen molar-refractivity contribution >= 4 is 35.1 Å². The number of hydrogen-bond donors (Lipinski definition) is 0. The van der Waals surface area contributed by atoms with Crippen LogP contribution in [-0.2, 0) is 15.6 Å². The fourth-order valence-electron chi connectivity index (χ4n) is 9.72. The van der Waals surface area contributed by atoms with Gasteiger partial charge in [0.2, 0.25) is 0 Å². The molecule has 4 aromatic rings. The molecule has 4 heteroatoms. The van der Waals surface area contributed by atoms with Crippen molar-refractivity contribution in [2.45, 2.75) is 105 Å². The van der Waals surface area contributed by atoms with Crippen LogP contribution >= 0.6 is 17.0 Å². The van der Waals surface area contributed by atoms with Crippen molar-refractivity contribution in [2.75, 3.05) is 0 Å². The molecule has 1 saturated carbocycles. The summed E-state index contributed by atoms with van der Waals surface area (Å²) >= 11 is -4.84.